The van der Waals surface area contributed by atoms with E-state index in [-0.39, 0.29) is 0 Å². The molecule has 0 amide bonds. The number of carbonyl (C=O) groups is 1. The number of aliphatic carboxylic acids is 1. The third-order valence-corrected chi connectivity index (χ3v) is 5.26. The number of piperidine rings is 1. The van der Waals surface area contributed by atoms with E-state index in [9.17, 15) is 9.90 Å². The number of nitrogens with zero attached hydrogens (tertiary/aromatic N) is 1. The van der Waals surface area contributed by atoms with E-state index in [2.05, 4.69) is 31.0 Å². The molecule has 0 spiro atoms. The number of nitrogens with one attached hydrogen (secondary N) is 1. The van der Waals surface area contributed by atoms with Crippen molar-refractivity contribution in [1.29, 1.82) is 0 Å². The molecule has 4 nitrogen and oxygen atoms in total. The Kier molecular flexibility index (Phi) is 4.75. The summed E-state index contributed by atoms with van der Waals surface area (Å²) in [4.78, 5) is 14.2. The van der Waals surface area contributed by atoms with Gasteiger partial charge in [0.1, 0.15) is 5.54 Å². The molecule has 1 aliphatic carbocycles. The molecule has 4 heteroatoms. The Hall–Kier alpha value is -0.610. The lowest BCUT2D eigenvalue weighted by Crippen LogP contribution is -2.56. The number of hydrogen-bond acceptors (Lipinski definition) is 3. The molecule has 1 saturated heterocycles. The predicted molar refractivity (Wildman–Crippen MR) is 80.8 cm³/mol. The van der Waals surface area contributed by atoms with E-state index < -0.39 is 11.5 Å². The smallest absolute Gasteiger partial charge is 0.323 e. The van der Waals surface area contributed by atoms with E-state index in [1.807, 2.05) is 6.92 Å². The van der Waals surface area contributed by atoms with Crippen LogP contribution in [0.5, 0.6) is 0 Å². The molecule has 2 fully saturated rings. The molecule has 2 N–H and O–H groups in total. The van der Waals surface area contributed by atoms with Crippen LogP contribution in [-0.4, -0.2) is 46.2 Å². The first kappa shape index (κ1) is 15.8. The van der Waals surface area contributed by atoms with Crippen LogP contribution < -0.4 is 5.32 Å². The highest BCUT2D eigenvalue weighted by molar-refractivity contribution is 5.78. The van der Waals surface area contributed by atoms with Crippen LogP contribution in [0, 0.1) is 5.92 Å². The Morgan fingerprint density at radius 2 is 2.05 bits per heavy atom. The summed E-state index contributed by atoms with van der Waals surface area (Å²) < 4.78 is 0. The van der Waals surface area contributed by atoms with E-state index >= 15 is 0 Å². The molecule has 20 heavy (non-hydrogen) atoms. The second-order valence-electron chi connectivity index (χ2n) is 7.21. The molecule has 2 rings (SSSR count). The quantitative estimate of drug-likeness (QED) is 0.786. The van der Waals surface area contributed by atoms with Gasteiger partial charge in [0, 0.05) is 18.1 Å². The zero-order chi connectivity index (χ0) is 14.9. The van der Waals surface area contributed by atoms with E-state index in [1.54, 1.807) is 0 Å². The number of likely N-dealkylation sites (tertiary alicyclic amines) is 1. The Labute approximate surface area is 122 Å². The van der Waals surface area contributed by atoms with Gasteiger partial charge >= 0.3 is 5.97 Å². The van der Waals surface area contributed by atoms with Crippen LogP contribution in [0.25, 0.3) is 0 Å². The minimum atomic E-state index is -0.791. The average molecular weight is 282 g/mol. The first-order chi connectivity index (χ1) is 9.33. The normalized spacial score (nSPS) is 32.6. The van der Waals surface area contributed by atoms with Crippen molar-refractivity contribution in [3.63, 3.8) is 0 Å². The van der Waals surface area contributed by atoms with Crippen molar-refractivity contribution in [1.82, 2.24) is 10.2 Å². The molecule has 0 radical (unpaired) electrons. The molecular formula is C16H30N2O2. The van der Waals surface area contributed by atoms with Gasteiger partial charge in [-0.1, -0.05) is 6.92 Å². The summed E-state index contributed by atoms with van der Waals surface area (Å²) in [5, 5.41) is 12.9. The fraction of sp³-hybridized carbons (Fsp3) is 0.938. The lowest BCUT2D eigenvalue weighted by Gasteiger charge is -2.44. The standard InChI is InChI=1S/C16H30N2O2/c1-11-6-5-9-18(13(11)3)12(2)10-16(4,15(19)20)17-14-7-8-14/h11-14,17H,5-10H2,1-4H3,(H,19,20). The molecule has 0 aromatic carbocycles. The van der Waals surface area contributed by atoms with Gasteiger partial charge in [0.05, 0.1) is 0 Å². The maximum atomic E-state index is 11.7. The molecule has 2 aliphatic rings. The minimum Gasteiger partial charge on any atom is -0.480 e. The molecule has 0 bridgehead atoms. The molecule has 0 aromatic heterocycles. The summed E-state index contributed by atoms with van der Waals surface area (Å²) in [6.45, 7) is 9.73. The fourth-order valence-corrected chi connectivity index (χ4v) is 3.58. The largest absolute Gasteiger partial charge is 0.480 e. The molecular weight excluding hydrogens is 252 g/mol. The summed E-state index contributed by atoms with van der Waals surface area (Å²) in [5.74, 6) is -0.00682. The summed E-state index contributed by atoms with van der Waals surface area (Å²) in [6, 6.07) is 1.28. The van der Waals surface area contributed by atoms with Crippen LogP contribution in [0.15, 0.2) is 0 Å². The Bertz CT molecular complexity index is 356. The van der Waals surface area contributed by atoms with Crippen LogP contribution in [0.1, 0.15) is 59.8 Å². The van der Waals surface area contributed by atoms with Crippen molar-refractivity contribution in [2.45, 2.75) is 83.5 Å². The van der Waals surface area contributed by atoms with Crippen LogP contribution >= 0.6 is 0 Å². The monoisotopic (exact) mass is 282 g/mol. The van der Waals surface area contributed by atoms with Crippen molar-refractivity contribution in [3.8, 4) is 0 Å². The zero-order valence-electron chi connectivity index (χ0n) is 13.4. The molecule has 4 unspecified atom stereocenters. The first-order valence-electron chi connectivity index (χ1n) is 8.10. The van der Waals surface area contributed by atoms with Gasteiger partial charge in [-0.3, -0.25) is 15.0 Å². The maximum absolute atomic E-state index is 11.7. The van der Waals surface area contributed by atoms with Gasteiger partial charge in [0.15, 0.2) is 0 Å². The van der Waals surface area contributed by atoms with Crippen LogP contribution in [0.4, 0.5) is 0 Å². The maximum Gasteiger partial charge on any atom is 0.323 e. The van der Waals surface area contributed by atoms with Crippen molar-refractivity contribution >= 4 is 5.97 Å². The highest BCUT2D eigenvalue weighted by atomic mass is 16.4. The first-order valence-corrected chi connectivity index (χ1v) is 8.10. The Morgan fingerprint density at radius 1 is 1.40 bits per heavy atom. The highest BCUT2D eigenvalue weighted by Crippen LogP contribution is 2.30. The van der Waals surface area contributed by atoms with E-state index in [4.69, 9.17) is 0 Å². The van der Waals surface area contributed by atoms with Crippen molar-refractivity contribution in [2.24, 2.45) is 5.92 Å². The van der Waals surface area contributed by atoms with Crippen molar-refractivity contribution in [2.75, 3.05) is 6.54 Å². The number of rotatable bonds is 6. The molecule has 1 heterocycles. The lowest BCUT2D eigenvalue weighted by molar-refractivity contribution is -0.145. The topological polar surface area (TPSA) is 52.6 Å². The van der Waals surface area contributed by atoms with Crippen LogP contribution in [0.3, 0.4) is 0 Å². The zero-order valence-corrected chi connectivity index (χ0v) is 13.4. The van der Waals surface area contributed by atoms with E-state index in [0.29, 0.717) is 30.5 Å². The van der Waals surface area contributed by atoms with Crippen molar-refractivity contribution < 1.29 is 9.90 Å². The summed E-state index contributed by atoms with van der Waals surface area (Å²) in [5.41, 5.74) is -0.791. The Balaban J connectivity index is 1.99. The van der Waals surface area contributed by atoms with Gasteiger partial charge in [-0.15, -0.1) is 0 Å². The van der Waals surface area contributed by atoms with Crippen LogP contribution in [-0.2, 0) is 4.79 Å². The summed E-state index contributed by atoms with van der Waals surface area (Å²) >= 11 is 0. The predicted octanol–water partition coefficient (Wildman–Crippen LogP) is 2.48. The number of hydrogen-bond donors (Lipinski definition) is 2. The van der Waals surface area contributed by atoms with Gasteiger partial charge in [-0.2, -0.15) is 0 Å². The Morgan fingerprint density at radius 3 is 2.60 bits per heavy atom. The summed E-state index contributed by atoms with van der Waals surface area (Å²) in [7, 11) is 0. The number of carboxylic acids is 1. The highest BCUT2D eigenvalue weighted by Gasteiger charge is 2.41. The van der Waals surface area contributed by atoms with Gasteiger partial charge in [0.2, 0.25) is 0 Å². The average Bonchev–Trinajstić information content (AvgIpc) is 3.15. The van der Waals surface area contributed by atoms with Gasteiger partial charge in [0.25, 0.3) is 0 Å². The number of carboxylic acid groups (broad SMARTS) is 1. The molecule has 4 atom stereocenters. The molecule has 1 aliphatic heterocycles. The lowest BCUT2D eigenvalue weighted by atomic mass is 9.87. The molecule has 116 valence electrons. The third kappa shape index (κ3) is 3.53. The van der Waals surface area contributed by atoms with Gasteiger partial charge in [-0.05, 0) is 65.3 Å². The molecule has 1 saturated carbocycles. The second kappa shape index (κ2) is 6.02. The van der Waals surface area contributed by atoms with Gasteiger partial charge in [-0.25, -0.2) is 0 Å². The summed E-state index contributed by atoms with van der Waals surface area (Å²) in [6.07, 6.45) is 5.44. The third-order valence-electron chi connectivity index (χ3n) is 5.26. The molecule has 0 aromatic rings. The van der Waals surface area contributed by atoms with E-state index in [0.717, 1.165) is 19.4 Å². The van der Waals surface area contributed by atoms with E-state index in [1.165, 1.54) is 12.8 Å². The SMILES string of the molecule is CC1CCCN(C(C)CC(C)(NC2CC2)C(=O)O)C1C. The minimum absolute atomic E-state index is 0.306. The fourth-order valence-electron chi connectivity index (χ4n) is 3.58. The van der Waals surface area contributed by atoms with Crippen LogP contribution in [0.2, 0.25) is 0 Å². The van der Waals surface area contributed by atoms with Crippen molar-refractivity contribution in [3.05, 3.63) is 0 Å². The second-order valence-corrected chi connectivity index (χ2v) is 7.21. The van der Waals surface area contributed by atoms with Gasteiger partial charge < -0.3 is 5.11 Å².